The van der Waals surface area contributed by atoms with Crippen molar-refractivity contribution >= 4 is 29.3 Å². The van der Waals surface area contributed by atoms with Crippen LogP contribution < -0.4 is 0 Å². The number of amides is 1. The average molecular weight is 366 g/mol. The molecule has 7 heteroatoms. The quantitative estimate of drug-likeness (QED) is 0.600. The highest BCUT2D eigenvalue weighted by molar-refractivity contribution is 6.31. The van der Waals surface area contributed by atoms with Gasteiger partial charge in [0.2, 0.25) is 5.28 Å². The molecule has 24 heavy (non-hydrogen) atoms. The van der Waals surface area contributed by atoms with Crippen molar-refractivity contribution in [2.75, 3.05) is 13.1 Å². The standard InChI is InChI=1S/C17H17Cl2N3O2/c18-15-10-14(20-16(19)21-15)13-6-8-22(9-7-13)17(23)24-11-12-4-2-1-3-5-12/h1-5,10,13H,6-9,11H2. The van der Waals surface area contributed by atoms with Crippen LogP contribution in [0.4, 0.5) is 4.79 Å². The first kappa shape index (κ1) is 17.0. The molecule has 0 radical (unpaired) electrons. The first-order valence-corrected chi connectivity index (χ1v) is 8.53. The number of benzene rings is 1. The van der Waals surface area contributed by atoms with E-state index < -0.39 is 0 Å². The van der Waals surface area contributed by atoms with Crippen LogP contribution in [0.1, 0.15) is 30.0 Å². The number of aromatic nitrogens is 2. The third-order valence-corrected chi connectivity index (χ3v) is 4.43. The molecule has 0 saturated carbocycles. The average Bonchev–Trinajstić information content (AvgIpc) is 2.60. The molecule has 1 aromatic heterocycles. The van der Waals surface area contributed by atoms with Gasteiger partial charge in [0.25, 0.3) is 0 Å². The van der Waals surface area contributed by atoms with Gasteiger partial charge in [-0.2, -0.15) is 0 Å². The van der Waals surface area contributed by atoms with E-state index in [1.54, 1.807) is 11.0 Å². The topological polar surface area (TPSA) is 55.3 Å². The molecule has 3 rings (SSSR count). The highest BCUT2D eigenvalue weighted by Crippen LogP contribution is 2.28. The molecular formula is C17H17Cl2N3O2. The summed E-state index contributed by atoms with van der Waals surface area (Å²) in [5.41, 5.74) is 1.81. The van der Waals surface area contributed by atoms with Crippen LogP contribution >= 0.6 is 23.2 Å². The van der Waals surface area contributed by atoms with E-state index in [1.807, 2.05) is 30.3 Å². The molecule has 0 bridgehead atoms. The van der Waals surface area contributed by atoms with Gasteiger partial charge in [0.1, 0.15) is 11.8 Å². The van der Waals surface area contributed by atoms with Crippen molar-refractivity contribution in [2.45, 2.75) is 25.4 Å². The smallest absolute Gasteiger partial charge is 0.410 e. The summed E-state index contributed by atoms with van der Waals surface area (Å²) in [6.07, 6.45) is 1.31. The van der Waals surface area contributed by atoms with Crippen LogP contribution in [0.25, 0.3) is 0 Å². The van der Waals surface area contributed by atoms with Crippen molar-refractivity contribution < 1.29 is 9.53 Å². The van der Waals surface area contributed by atoms with E-state index in [2.05, 4.69) is 9.97 Å². The number of rotatable bonds is 3. The highest BCUT2D eigenvalue weighted by atomic mass is 35.5. The Morgan fingerprint density at radius 1 is 1.17 bits per heavy atom. The maximum Gasteiger partial charge on any atom is 0.410 e. The van der Waals surface area contributed by atoms with Gasteiger partial charge >= 0.3 is 6.09 Å². The number of likely N-dealkylation sites (tertiary alicyclic amines) is 1. The van der Waals surface area contributed by atoms with Gasteiger partial charge in [-0.3, -0.25) is 0 Å². The third-order valence-electron chi connectivity index (χ3n) is 4.06. The highest BCUT2D eigenvalue weighted by Gasteiger charge is 2.26. The molecule has 1 saturated heterocycles. The Kier molecular flexibility index (Phi) is 5.53. The van der Waals surface area contributed by atoms with E-state index in [9.17, 15) is 4.79 Å². The number of piperidine rings is 1. The molecule has 0 aliphatic carbocycles. The number of hydrogen-bond donors (Lipinski definition) is 0. The van der Waals surface area contributed by atoms with E-state index in [0.29, 0.717) is 18.2 Å². The zero-order valence-electron chi connectivity index (χ0n) is 13.0. The SMILES string of the molecule is O=C(OCc1ccccc1)N1CCC(c2cc(Cl)nc(Cl)n2)CC1. The Bertz CT molecular complexity index is 684. The number of carbonyl (C=O) groups excluding carboxylic acids is 1. The van der Waals surface area contributed by atoms with E-state index in [0.717, 1.165) is 24.1 Å². The summed E-state index contributed by atoms with van der Waals surface area (Å²) in [5.74, 6) is 0.223. The molecular weight excluding hydrogens is 349 g/mol. The van der Waals surface area contributed by atoms with Crippen LogP contribution in [-0.2, 0) is 11.3 Å². The van der Waals surface area contributed by atoms with Gasteiger partial charge in [0.05, 0.1) is 5.69 Å². The molecule has 2 aromatic rings. The Morgan fingerprint density at radius 3 is 2.54 bits per heavy atom. The normalized spacial score (nSPS) is 15.3. The Labute approximate surface area is 150 Å². The summed E-state index contributed by atoms with van der Waals surface area (Å²) in [6.45, 7) is 1.53. The second-order valence-electron chi connectivity index (χ2n) is 5.69. The lowest BCUT2D eigenvalue weighted by Gasteiger charge is -2.31. The Morgan fingerprint density at radius 2 is 1.88 bits per heavy atom. The predicted molar refractivity (Wildman–Crippen MR) is 92.2 cm³/mol. The van der Waals surface area contributed by atoms with E-state index >= 15 is 0 Å². The predicted octanol–water partition coefficient (Wildman–Crippen LogP) is 4.30. The number of nitrogens with zero attached hydrogens (tertiary/aromatic N) is 3. The lowest BCUT2D eigenvalue weighted by atomic mass is 9.93. The zero-order chi connectivity index (χ0) is 16.9. The minimum Gasteiger partial charge on any atom is -0.445 e. The summed E-state index contributed by atoms with van der Waals surface area (Å²) in [5, 5.41) is 0.497. The minimum atomic E-state index is -0.281. The molecule has 1 aromatic carbocycles. The second-order valence-corrected chi connectivity index (χ2v) is 6.41. The van der Waals surface area contributed by atoms with Gasteiger partial charge < -0.3 is 9.64 Å². The van der Waals surface area contributed by atoms with Crippen molar-refractivity contribution in [1.29, 1.82) is 0 Å². The fraction of sp³-hybridized carbons (Fsp3) is 0.353. The fourth-order valence-electron chi connectivity index (χ4n) is 2.78. The van der Waals surface area contributed by atoms with Crippen molar-refractivity contribution in [2.24, 2.45) is 0 Å². The van der Waals surface area contributed by atoms with Crippen LogP contribution in [0, 0.1) is 0 Å². The molecule has 126 valence electrons. The van der Waals surface area contributed by atoms with Gasteiger partial charge in [-0.15, -0.1) is 0 Å². The van der Waals surface area contributed by atoms with Crippen LogP contribution in [-0.4, -0.2) is 34.1 Å². The van der Waals surface area contributed by atoms with Gasteiger partial charge in [0, 0.05) is 19.0 Å². The molecule has 0 spiro atoms. The van der Waals surface area contributed by atoms with E-state index in [1.165, 1.54) is 0 Å². The number of hydrogen-bond acceptors (Lipinski definition) is 4. The Hall–Kier alpha value is -1.85. The molecule has 0 N–H and O–H groups in total. The van der Waals surface area contributed by atoms with Gasteiger partial charge in [-0.25, -0.2) is 14.8 Å². The van der Waals surface area contributed by atoms with Crippen LogP contribution in [0.3, 0.4) is 0 Å². The lowest BCUT2D eigenvalue weighted by Crippen LogP contribution is -2.38. The molecule has 2 heterocycles. The fourth-order valence-corrected chi connectivity index (χ4v) is 3.21. The maximum absolute atomic E-state index is 12.2. The van der Waals surface area contributed by atoms with E-state index in [-0.39, 0.29) is 23.9 Å². The van der Waals surface area contributed by atoms with Crippen LogP contribution in [0.5, 0.6) is 0 Å². The van der Waals surface area contributed by atoms with Gasteiger partial charge in [-0.05, 0) is 36.1 Å². The van der Waals surface area contributed by atoms with Crippen LogP contribution in [0.15, 0.2) is 36.4 Å². The first-order valence-electron chi connectivity index (χ1n) is 7.77. The summed E-state index contributed by atoms with van der Waals surface area (Å²) >= 11 is 11.8. The van der Waals surface area contributed by atoms with Gasteiger partial charge in [0.15, 0.2) is 0 Å². The molecule has 5 nitrogen and oxygen atoms in total. The number of carbonyl (C=O) groups is 1. The summed E-state index contributed by atoms with van der Waals surface area (Å²) in [4.78, 5) is 22.0. The number of ether oxygens (including phenoxy) is 1. The summed E-state index contributed by atoms with van der Waals surface area (Å²) < 4.78 is 5.37. The van der Waals surface area contributed by atoms with Crippen molar-refractivity contribution in [3.05, 3.63) is 58.1 Å². The van der Waals surface area contributed by atoms with E-state index in [4.69, 9.17) is 27.9 Å². The van der Waals surface area contributed by atoms with Crippen molar-refractivity contribution in [3.63, 3.8) is 0 Å². The van der Waals surface area contributed by atoms with Gasteiger partial charge in [-0.1, -0.05) is 41.9 Å². The Balaban J connectivity index is 1.52. The monoisotopic (exact) mass is 365 g/mol. The largest absolute Gasteiger partial charge is 0.445 e. The third kappa shape index (κ3) is 4.36. The lowest BCUT2D eigenvalue weighted by molar-refractivity contribution is 0.0868. The number of halogens is 2. The molecule has 1 amide bonds. The van der Waals surface area contributed by atoms with Crippen molar-refractivity contribution in [1.82, 2.24) is 14.9 Å². The van der Waals surface area contributed by atoms with Crippen molar-refractivity contribution in [3.8, 4) is 0 Å². The summed E-state index contributed by atoms with van der Waals surface area (Å²) in [6, 6.07) is 11.4. The molecule has 1 fully saturated rings. The maximum atomic E-state index is 12.2. The second kappa shape index (κ2) is 7.81. The molecule has 1 aliphatic rings. The molecule has 0 unspecified atom stereocenters. The minimum absolute atomic E-state index is 0.155. The summed E-state index contributed by atoms with van der Waals surface area (Å²) in [7, 11) is 0. The zero-order valence-corrected chi connectivity index (χ0v) is 14.5. The first-order chi connectivity index (χ1) is 11.6. The van der Waals surface area contributed by atoms with Crippen LogP contribution in [0.2, 0.25) is 10.4 Å². The molecule has 1 aliphatic heterocycles. The molecule has 0 atom stereocenters.